The Labute approximate surface area is 83.8 Å². The standard InChI is InChI=1S/C12H13NO/c1-9-3-4-10-5-6-11(8-14)13(2)12(10)7-9/h3-8,11H,1-2H3. The smallest absolute Gasteiger partial charge is 0.146 e. The Morgan fingerprint density at radius 3 is 2.93 bits per heavy atom. The van der Waals surface area contributed by atoms with Gasteiger partial charge in [0, 0.05) is 12.7 Å². The number of fused-ring (bicyclic) bond motifs is 1. The highest BCUT2D eigenvalue weighted by Gasteiger charge is 2.17. The average molecular weight is 187 g/mol. The molecule has 1 aromatic rings. The minimum atomic E-state index is -0.121. The number of carbonyl (C=O) groups is 1. The number of hydrogen-bond acceptors (Lipinski definition) is 2. The summed E-state index contributed by atoms with van der Waals surface area (Å²) in [4.78, 5) is 12.8. The molecule has 0 aromatic heterocycles. The lowest BCUT2D eigenvalue weighted by molar-refractivity contribution is -0.108. The van der Waals surface area contributed by atoms with Crippen molar-refractivity contribution < 1.29 is 4.79 Å². The molecule has 0 amide bonds. The third-order valence-electron chi connectivity index (χ3n) is 2.63. The molecule has 0 saturated carbocycles. The van der Waals surface area contributed by atoms with Gasteiger partial charge in [0.1, 0.15) is 12.3 Å². The van der Waals surface area contributed by atoms with E-state index in [2.05, 4.69) is 25.1 Å². The molecule has 2 nitrogen and oxygen atoms in total. The zero-order chi connectivity index (χ0) is 10.1. The van der Waals surface area contributed by atoms with Crippen molar-refractivity contribution in [2.75, 3.05) is 11.9 Å². The molecule has 0 N–H and O–H groups in total. The van der Waals surface area contributed by atoms with Crippen molar-refractivity contribution in [3.63, 3.8) is 0 Å². The number of aryl methyl sites for hydroxylation is 1. The number of hydrogen-bond donors (Lipinski definition) is 0. The van der Waals surface area contributed by atoms with E-state index in [0.29, 0.717) is 0 Å². The average Bonchev–Trinajstić information content (AvgIpc) is 2.20. The van der Waals surface area contributed by atoms with E-state index in [4.69, 9.17) is 0 Å². The van der Waals surface area contributed by atoms with Gasteiger partial charge in [0.15, 0.2) is 0 Å². The van der Waals surface area contributed by atoms with Crippen LogP contribution in [0, 0.1) is 6.92 Å². The molecule has 0 saturated heterocycles. The van der Waals surface area contributed by atoms with Crippen LogP contribution in [-0.2, 0) is 4.79 Å². The van der Waals surface area contributed by atoms with Crippen molar-refractivity contribution in [2.45, 2.75) is 13.0 Å². The SMILES string of the molecule is Cc1ccc2c(c1)N(C)C(C=O)C=C2. The van der Waals surface area contributed by atoms with E-state index in [-0.39, 0.29) is 6.04 Å². The second kappa shape index (κ2) is 3.29. The highest BCUT2D eigenvalue weighted by molar-refractivity contribution is 5.80. The van der Waals surface area contributed by atoms with Crippen LogP contribution in [-0.4, -0.2) is 19.4 Å². The van der Waals surface area contributed by atoms with Gasteiger partial charge in [-0.1, -0.05) is 24.3 Å². The summed E-state index contributed by atoms with van der Waals surface area (Å²) in [5.74, 6) is 0. The zero-order valence-electron chi connectivity index (χ0n) is 8.40. The van der Waals surface area contributed by atoms with E-state index in [0.717, 1.165) is 12.0 Å². The van der Waals surface area contributed by atoms with Gasteiger partial charge >= 0.3 is 0 Å². The molecule has 1 unspecified atom stereocenters. The van der Waals surface area contributed by atoms with Crippen molar-refractivity contribution >= 4 is 18.0 Å². The maximum absolute atomic E-state index is 10.8. The number of nitrogens with zero attached hydrogens (tertiary/aromatic N) is 1. The quantitative estimate of drug-likeness (QED) is 0.627. The summed E-state index contributed by atoms with van der Waals surface area (Å²) in [5.41, 5.74) is 3.52. The summed E-state index contributed by atoms with van der Waals surface area (Å²) in [6.45, 7) is 2.06. The molecule has 1 aliphatic rings. The van der Waals surface area contributed by atoms with Crippen LogP contribution in [0.2, 0.25) is 0 Å². The molecule has 0 bridgehead atoms. The summed E-state index contributed by atoms with van der Waals surface area (Å²) >= 11 is 0. The second-order valence-corrected chi connectivity index (χ2v) is 3.66. The predicted molar refractivity (Wildman–Crippen MR) is 58.5 cm³/mol. The van der Waals surface area contributed by atoms with E-state index >= 15 is 0 Å². The fourth-order valence-corrected chi connectivity index (χ4v) is 1.73. The first-order chi connectivity index (χ1) is 6.72. The molecule has 1 aliphatic heterocycles. The lowest BCUT2D eigenvalue weighted by atomic mass is 10.0. The summed E-state index contributed by atoms with van der Waals surface area (Å²) in [6, 6.07) is 6.15. The van der Waals surface area contributed by atoms with Gasteiger partial charge in [0.2, 0.25) is 0 Å². The van der Waals surface area contributed by atoms with E-state index in [1.165, 1.54) is 11.1 Å². The van der Waals surface area contributed by atoms with Gasteiger partial charge in [-0.2, -0.15) is 0 Å². The Morgan fingerprint density at radius 1 is 1.43 bits per heavy atom. The Bertz CT molecular complexity index is 395. The van der Waals surface area contributed by atoms with Crippen LogP contribution in [0.4, 0.5) is 5.69 Å². The van der Waals surface area contributed by atoms with Gasteiger partial charge < -0.3 is 9.69 Å². The Kier molecular flexibility index (Phi) is 2.12. The van der Waals surface area contributed by atoms with E-state index in [1.807, 2.05) is 24.1 Å². The first kappa shape index (κ1) is 9.00. The van der Waals surface area contributed by atoms with Crippen molar-refractivity contribution in [3.05, 3.63) is 35.4 Å². The van der Waals surface area contributed by atoms with E-state index < -0.39 is 0 Å². The molecule has 0 radical (unpaired) electrons. The largest absolute Gasteiger partial charge is 0.361 e. The van der Waals surface area contributed by atoms with Gasteiger partial charge in [-0.15, -0.1) is 0 Å². The summed E-state index contributed by atoms with van der Waals surface area (Å²) in [5, 5.41) is 0. The molecule has 14 heavy (non-hydrogen) atoms. The zero-order valence-corrected chi connectivity index (χ0v) is 8.40. The second-order valence-electron chi connectivity index (χ2n) is 3.66. The van der Waals surface area contributed by atoms with Crippen LogP contribution in [0.25, 0.3) is 6.08 Å². The highest BCUT2D eigenvalue weighted by atomic mass is 16.1. The van der Waals surface area contributed by atoms with Gasteiger partial charge in [-0.05, 0) is 24.1 Å². The molecule has 1 atom stereocenters. The lowest BCUT2D eigenvalue weighted by Gasteiger charge is -2.29. The first-order valence-electron chi connectivity index (χ1n) is 4.69. The van der Waals surface area contributed by atoms with Crippen molar-refractivity contribution in [3.8, 4) is 0 Å². The van der Waals surface area contributed by atoms with Crippen molar-refractivity contribution in [1.82, 2.24) is 0 Å². The molecular weight excluding hydrogens is 174 g/mol. The fraction of sp³-hybridized carbons (Fsp3) is 0.250. The normalized spacial score (nSPS) is 19.3. The molecule has 2 heteroatoms. The van der Waals surface area contributed by atoms with Gasteiger partial charge in [-0.25, -0.2) is 0 Å². The minimum absolute atomic E-state index is 0.121. The van der Waals surface area contributed by atoms with E-state index in [1.54, 1.807) is 0 Å². The summed E-state index contributed by atoms with van der Waals surface area (Å²) in [6.07, 6.45) is 4.89. The molecular formula is C12H13NO. The number of aldehydes is 1. The molecule has 72 valence electrons. The summed E-state index contributed by atoms with van der Waals surface area (Å²) < 4.78 is 0. The molecule has 0 aliphatic carbocycles. The van der Waals surface area contributed by atoms with Gasteiger partial charge in [-0.3, -0.25) is 0 Å². The van der Waals surface area contributed by atoms with Crippen LogP contribution in [0.15, 0.2) is 24.3 Å². The Balaban J connectivity index is 2.50. The van der Waals surface area contributed by atoms with Crippen molar-refractivity contribution in [2.24, 2.45) is 0 Å². The summed E-state index contributed by atoms with van der Waals surface area (Å²) in [7, 11) is 1.95. The predicted octanol–water partition coefficient (Wildman–Crippen LogP) is 2.03. The molecule has 0 spiro atoms. The van der Waals surface area contributed by atoms with Crippen LogP contribution in [0.1, 0.15) is 11.1 Å². The topological polar surface area (TPSA) is 20.3 Å². The fourth-order valence-electron chi connectivity index (χ4n) is 1.73. The third-order valence-corrected chi connectivity index (χ3v) is 2.63. The van der Waals surface area contributed by atoms with E-state index in [9.17, 15) is 4.79 Å². The maximum atomic E-state index is 10.8. The minimum Gasteiger partial charge on any atom is -0.361 e. The Morgan fingerprint density at radius 2 is 2.21 bits per heavy atom. The van der Waals surface area contributed by atoms with Gasteiger partial charge in [0.05, 0.1) is 0 Å². The highest BCUT2D eigenvalue weighted by Crippen LogP contribution is 2.27. The number of rotatable bonds is 1. The monoisotopic (exact) mass is 187 g/mol. The van der Waals surface area contributed by atoms with Crippen LogP contribution >= 0.6 is 0 Å². The molecule has 0 fully saturated rings. The molecule has 1 heterocycles. The number of likely N-dealkylation sites (N-methyl/N-ethyl adjacent to an activating group) is 1. The van der Waals surface area contributed by atoms with Crippen LogP contribution in [0.3, 0.4) is 0 Å². The van der Waals surface area contributed by atoms with Crippen molar-refractivity contribution in [1.29, 1.82) is 0 Å². The number of carbonyl (C=O) groups excluding carboxylic acids is 1. The van der Waals surface area contributed by atoms with Crippen LogP contribution in [0.5, 0.6) is 0 Å². The Hall–Kier alpha value is -1.57. The molecule has 2 rings (SSSR count). The number of benzene rings is 1. The lowest BCUT2D eigenvalue weighted by Crippen LogP contribution is -2.33. The van der Waals surface area contributed by atoms with Crippen LogP contribution < -0.4 is 4.90 Å². The van der Waals surface area contributed by atoms with Gasteiger partial charge in [0.25, 0.3) is 0 Å². The third kappa shape index (κ3) is 1.33. The molecule has 1 aromatic carbocycles. The first-order valence-corrected chi connectivity index (χ1v) is 4.69. The number of anilines is 1. The maximum Gasteiger partial charge on any atom is 0.146 e.